The normalized spacial score (nSPS) is 20.0. The van der Waals surface area contributed by atoms with Crippen molar-refractivity contribution < 1.29 is 31.1 Å². The van der Waals surface area contributed by atoms with Crippen molar-refractivity contribution in [3.63, 3.8) is 0 Å². The van der Waals surface area contributed by atoms with Gasteiger partial charge in [0.15, 0.2) is 0 Å². The molecule has 31 heavy (non-hydrogen) atoms. The van der Waals surface area contributed by atoms with Gasteiger partial charge in [-0.2, -0.15) is 26.3 Å². The molecule has 2 aromatic rings. The number of carbonyl (C=O) groups is 1. The number of piperidine rings is 1. The van der Waals surface area contributed by atoms with Gasteiger partial charge in [0.1, 0.15) is 0 Å². The van der Waals surface area contributed by atoms with Crippen LogP contribution in [0.4, 0.5) is 26.3 Å². The highest BCUT2D eigenvalue weighted by atomic mass is 32.1. The summed E-state index contributed by atoms with van der Waals surface area (Å²) in [5.41, 5.74) is -1.91. The number of halogens is 6. The summed E-state index contributed by atoms with van der Waals surface area (Å²) in [6, 6.07) is 3.39. The van der Waals surface area contributed by atoms with Crippen molar-refractivity contribution in [1.82, 2.24) is 10.2 Å². The van der Waals surface area contributed by atoms with Crippen LogP contribution in [0.15, 0.2) is 29.6 Å². The minimum absolute atomic E-state index is 0.0871. The second-order valence-corrected chi connectivity index (χ2v) is 8.73. The van der Waals surface area contributed by atoms with Crippen molar-refractivity contribution >= 4 is 17.2 Å². The molecule has 2 unspecified atom stereocenters. The molecule has 3 rings (SSSR count). The van der Waals surface area contributed by atoms with Gasteiger partial charge in [-0.3, -0.25) is 4.79 Å². The number of hydrogen-bond donors (Lipinski definition) is 1. The van der Waals surface area contributed by atoms with Crippen molar-refractivity contribution in [1.29, 1.82) is 0 Å². The molecule has 0 aliphatic carbocycles. The van der Waals surface area contributed by atoms with Gasteiger partial charge in [0, 0.05) is 36.9 Å². The molecule has 0 radical (unpaired) electrons. The Kier molecular flexibility index (Phi) is 6.71. The average molecular weight is 464 g/mol. The number of benzene rings is 1. The zero-order chi connectivity index (χ0) is 23.0. The highest BCUT2D eigenvalue weighted by Gasteiger charge is 2.38. The van der Waals surface area contributed by atoms with Crippen molar-refractivity contribution in [3.05, 3.63) is 56.8 Å². The molecule has 1 aromatic heterocycles. The quantitative estimate of drug-likeness (QED) is 0.611. The third-order valence-corrected chi connectivity index (χ3v) is 6.63. The van der Waals surface area contributed by atoms with Gasteiger partial charge in [-0.1, -0.05) is 0 Å². The first kappa shape index (κ1) is 23.6. The van der Waals surface area contributed by atoms with Crippen LogP contribution < -0.4 is 5.32 Å². The first-order chi connectivity index (χ1) is 14.4. The maximum atomic E-state index is 13.1. The number of nitrogens with one attached hydrogen (secondary N) is 1. The fourth-order valence-corrected chi connectivity index (χ4v) is 5.03. The van der Waals surface area contributed by atoms with Crippen LogP contribution in [0.3, 0.4) is 0 Å². The lowest BCUT2D eigenvalue weighted by Crippen LogP contribution is -2.43. The Bertz CT molecular complexity index is 904. The molecule has 1 aliphatic heterocycles. The zero-order valence-corrected chi connectivity index (χ0v) is 17.7. The van der Waals surface area contributed by atoms with Gasteiger partial charge in [0.2, 0.25) is 5.91 Å². The van der Waals surface area contributed by atoms with Gasteiger partial charge in [-0.05, 0) is 60.7 Å². The molecule has 10 heteroatoms. The van der Waals surface area contributed by atoms with E-state index in [1.165, 1.54) is 11.9 Å². The number of alkyl halides is 6. The topological polar surface area (TPSA) is 32.3 Å². The molecule has 2 heterocycles. The van der Waals surface area contributed by atoms with Crippen molar-refractivity contribution in [2.45, 2.75) is 38.2 Å². The Hall–Kier alpha value is -2.07. The fourth-order valence-electron chi connectivity index (χ4n) is 3.94. The number of amides is 1. The second-order valence-electron chi connectivity index (χ2n) is 7.78. The van der Waals surface area contributed by atoms with E-state index in [1.54, 1.807) is 11.3 Å². The predicted molar refractivity (Wildman–Crippen MR) is 106 cm³/mol. The maximum absolute atomic E-state index is 13.1. The Morgan fingerprint density at radius 1 is 1.13 bits per heavy atom. The third-order valence-electron chi connectivity index (χ3n) is 5.48. The molecular weight excluding hydrogens is 442 g/mol. The molecule has 0 saturated carbocycles. The van der Waals surface area contributed by atoms with E-state index < -0.39 is 29.4 Å². The van der Waals surface area contributed by atoms with Crippen LogP contribution >= 0.6 is 11.3 Å². The number of rotatable bonds is 4. The van der Waals surface area contributed by atoms with Crippen LogP contribution in [0.5, 0.6) is 0 Å². The molecular formula is C21H22F6N2OS. The molecule has 1 amide bonds. The number of aryl methyl sites for hydroxylation is 1. The summed E-state index contributed by atoms with van der Waals surface area (Å²) in [5, 5.41) is 5.19. The molecule has 1 fully saturated rings. The monoisotopic (exact) mass is 464 g/mol. The van der Waals surface area contributed by atoms with Crippen molar-refractivity contribution in [3.8, 4) is 0 Å². The highest BCUT2D eigenvalue weighted by molar-refractivity contribution is 7.10. The Balaban J connectivity index is 1.85. The fraction of sp³-hybridized carbons (Fsp3) is 0.476. The first-order valence-corrected chi connectivity index (χ1v) is 10.5. The molecule has 1 saturated heterocycles. The van der Waals surface area contributed by atoms with E-state index in [2.05, 4.69) is 5.32 Å². The maximum Gasteiger partial charge on any atom is 0.416 e. The molecule has 1 aromatic carbocycles. The predicted octanol–water partition coefficient (Wildman–Crippen LogP) is 5.45. The number of carbonyl (C=O) groups excluding carboxylic acids is 1. The van der Waals surface area contributed by atoms with Gasteiger partial charge >= 0.3 is 12.4 Å². The van der Waals surface area contributed by atoms with Gasteiger partial charge in [0.25, 0.3) is 0 Å². The van der Waals surface area contributed by atoms with E-state index in [1.807, 2.05) is 18.4 Å². The molecule has 1 aliphatic rings. The van der Waals surface area contributed by atoms with Crippen molar-refractivity contribution in [2.24, 2.45) is 5.92 Å². The lowest BCUT2D eigenvalue weighted by Gasteiger charge is -2.34. The molecule has 0 bridgehead atoms. The minimum Gasteiger partial charge on any atom is -0.341 e. The van der Waals surface area contributed by atoms with Crippen LogP contribution in [-0.4, -0.2) is 30.9 Å². The van der Waals surface area contributed by atoms with Gasteiger partial charge < -0.3 is 10.2 Å². The molecule has 3 nitrogen and oxygen atoms in total. The van der Waals surface area contributed by atoms with Crippen molar-refractivity contribution in [2.75, 3.05) is 20.1 Å². The number of hydrogen-bond acceptors (Lipinski definition) is 3. The lowest BCUT2D eigenvalue weighted by atomic mass is 9.83. The summed E-state index contributed by atoms with van der Waals surface area (Å²) < 4.78 is 78.7. The van der Waals surface area contributed by atoms with E-state index >= 15 is 0 Å². The molecule has 170 valence electrons. The zero-order valence-electron chi connectivity index (χ0n) is 16.9. The van der Waals surface area contributed by atoms with E-state index in [9.17, 15) is 31.1 Å². The van der Waals surface area contributed by atoms with Crippen LogP contribution in [0.1, 0.15) is 39.5 Å². The van der Waals surface area contributed by atoms with E-state index in [0.717, 1.165) is 10.4 Å². The smallest absolute Gasteiger partial charge is 0.341 e. The van der Waals surface area contributed by atoms with Crippen LogP contribution in [0, 0.1) is 12.8 Å². The van der Waals surface area contributed by atoms with Crippen LogP contribution in [0.2, 0.25) is 0 Å². The van der Waals surface area contributed by atoms with Gasteiger partial charge in [-0.15, -0.1) is 11.3 Å². The molecule has 1 N–H and O–H groups in total. The lowest BCUT2D eigenvalue weighted by molar-refractivity contribution is -0.143. The van der Waals surface area contributed by atoms with Crippen LogP contribution in [0.25, 0.3) is 0 Å². The summed E-state index contributed by atoms with van der Waals surface area (Å²) in [6.45, 7) is 2.82. The third kappa shape index (κ3) is 5.41. The summed E-state index contributed by atoms with van der Waals surface area (Å²) in [5.74, 6) is -0.766. The largest absolute Gasteiger partial charge is 0.416 e. The van der Waals surface area contributed by atoms with Gasteiger partial charge in [-0.25, -0.2) is 0 Å². The summed E-state index contributed by atoms with van der Waals surface area (Å²) >= 11 is 1.54. The average Bonchev–Trinajstić information content (AvgIpc) is 3.11. The Labute approximate surface area is 180 Å². The Morgan fingerprint density at radius 2 is 1.74 bits per heavy atom. The molecule has 2 atom stereocenters. The SMILES string of the molecule is Cc1ccsc1C1CNCCC1C(=O)N(C)Cc1cc(C(F)(F)F)cc(C(F)(F)F)c1. The van der Waals surface area contributed by atoms with Crippen LogP contribution in [-0.2, 0) is 23.7 Å². The van der Waals surface area contributed by atoms with E-state index in [-0.39, 0.29) is 30.0 Å². The Morgan fingerprint density at radius 3 is 2.26 bits per heavy atom. The molecule has 0 spiro atoms. The number of nitrogens with zero attached hydrogens (tertiary/aromatic N) is 1. The minimum atomic E-state index is -4.92. The highest BCUT2D eigenvalue weighted by Crippen LogP contribution is 2.38. The number of thiophene rings is 1. The van der Waals surface area contributed by atoms with Gasteiger partial charge in [0.05, 0.1) is 11.1 Å². The second kappa shape index (κ2) is 8.82. The summed E-state index contributed by atoms with van der Waals surface area (Å²) in [7, 11) is 1.41. The summed E-state index contributed by atoms with van der Waals surface area (Å²) in [4.78, 5) is 15.4. The van der Waals surface area contributed by atoms with E-state index in [4.69, 9.17) is 0 Å². The summed E-state index contributed by atoms with van der Waals surface area (Å²) in [6.07, 6.45) is -9.30. The first-order valence-electron chi connectivity index (χ1n) is 9.66. The van der Waals surface area contributed by atoms with E-state index in [0.29, 0.717) is 31.6 Å². The standard InChI is InChI=1S/C21H22F6N2OS/c1-12-4-6-31-18(12)17-10-28-5-3-16(17)19(30)29(2)11-13-7-14(20(22,23)24)9-15(8-13)21(25,26)27/h4,6-9,16-17,28H,3,5,10-11H2,1-2H3.